The van der Waals surface area contributed by atoms with Crippen LogP contribution < -0.4 is 0 Å². The zero-order chi connectivity index (χ0) is 11.4. The maximum Gasteiger partial charge on any atom is 0.196 e. The first-order valence-corrected chi connectivity index (χ1v) is 6.69. The van der Waals surface area contributed by atoms with E-state index < -0.39 is 0 Å². The molecule has 1 atom stereocenters. The van der Waals surface area contributed by atoms with Crippen LogP contribution >= 0.6 is 15.9 Å². The third-order valence-electron chi connectivity index (χ3n) is 2.61. The number of unbranched alkanes of at least 4 members (excludes halogenated alkanes) is 1. The summed E-state index contributed by atoms with van der Waals surface area (Å²) in [7, 11) is 0. The first kappa shape index (κ1) is 11.6. The van der Waals surface area contributed by atoms with Crippen molar-refractivity contribution in [2.45, 2.75) is 37.4 Å². The summed E-state index contributed by atoms with van der Waals surface area (Å²) in [6.45, 7) is 2.21. The molecule has 0 fully saturated rings. The Morgan fingerprint density at radius 3 is 2.94 bits per heavy atom. The zero-order valence-electron chi connectivity index (χ0n) is 9.45. The van der Waals surface area contributed by atoms with Gasteiger partial charge in [-0.15, -0.1) is 0 Å². The summed E-state index contributed by atoms with van der Waals surface area (Å²) in [4.78, 5) is 4.94. The van der Waals surface area contributed by atoms with E-state index in [1.165, 1.54) is 19.3 Å². The lowest BCUT2D eigenvalue weighted by atomic mass is 10.1. The van der Waals surface area contributed by atoms with Crippen LogP contribution in [0.2, 0.25) is 0 Å². The number of aromatic nitrogens is 1. The first-order chi connectivity index (χ1) is 7.79. The van der Waals surface area contributed by atoms with Gasteiger partial charge in [0.1, 0.15) is 5.52 Å². The molecule has 0 bridgehead atoms. The molecule has 0 N–H and O–H groups in total. The highest BCUT2D eigenvalue weighted by molar-refractivity contribution is 9.09. The van der Waals surface area contributed by atoms with Gasteiger partial charge in [-0.25, -0.2) is 4.98 Å². The van der Waals surface area contributed by atoms with Gasteiger partial charge in [0.2, 0.25) is 0 Å². The van der Waals surface area contributed by atoms with E-state index in [1.54, 1.807) is 0 Å². The Labute approximate surface area is 104 Å². The molecule has 0 amide bonds. The monoisotopic (exact) mass is 281 g/mol. The number of oxazole rings is 1. The largest absolute Gasteiger partial charge is 0.441 e. The number of para-hydroxylation sites is 2. The van der Waals surface area contributed by atoms with E-state index in [1.807, 2.05) is 24.3 Å². The van der Waals surface area contributed by atoms with Crippen LogP contribution in [0.25, 0.3) is 11.1 Å². The zero-order valence-corrected chi connectivity index (χ0v) is 11.0. The highest BCUT2D eigenvalue weighted by Gasteiger charge is 2.10. The summed E-state index contributed by atoms with van der Waals surface area (Å²) < 4.78 is 5.68. The fourth-order valence-electron chi connectivity index (χ4n) is 1.72. The number of fused-ring (bicyclic) bond motifs is 1. The molecular formula is C13H16BrNO. The van der Waals surface area contributed by atoms with Crippen LogP contribution in [0.15, 0.2) is 28.7 Å². The van der Waals surface area contributed by atoms with Crippen molar-refractivity contribution >= 4 is 27.0 Å². The standard InChI is InChI=1S/C13H16BrNO/c1-2-3-6-10(14)9-13-15-11-7-4-5-8-12(11)16-13/h4-5,7-8,10H,2-3,6,9H2,1H3. The van der Waals surface area contributed by atoms with Gasteiger partial charge in [-0.2, -0.15) is 0 Å². The Balaban J connectivity index is 2.03. The molecule has 0 aliphatic rings. The van der Waals surface area contributed by atoms with Crippen LogP contribution in [0.4, 0.5) is 0 Å². The summed E-state index contributed by atoms with van der Waals surface area (Å²) in [5.74, 6) is 0.833. The van der Waals surface area contributed by atoms with Crippen molar-refractivity contribution in [2.24, 2.45) is 0 Å². The second kappa shape index (κ2) is 5.48. The van der Waals surface area contributed by atoms with Crippen molar-refractivity contribution in [1.82, 2.24) is 4.98 Å². The van der Waals surface area contributed by atoms with Gasteiger partial charge in [-0.05, 0) is 18.6 Å². The Hall–Kier alpha value is -0.830. The molecule has 1 aromatic carbocycles. The van der Waals surface area contributed by atoms with Gasteiger partial charge in [0.15, 0.2) is 11.5 Å². The second-order valence-corrected chi connectivity index (χ2v) is 5.31. The van der Waals surface area contributed by atoms with Crippen LogP contribution in [0, 0.1) is 0 Å². The average molecular weight is 282 g/mol. The SMILES string of the molecule is CCCCC(Br)Cc1nc2ccccc2o1. The summed E-state index contributed by atoms with van der Waals surface area (Å²) in [6, 6.07) is 7.90. The number of benzene rings is 1. The van der Waals surface area contributed by atoms with Crippen LogP contribution in [0.3, 0.4) is 0 Å². The van der Waals surface area contributed by atoms with Crippen molar-refractivity contribution in [3.63, 3.8) is 0 Å². The molecule has 2 rings (SSSR count). The van der Waals surface area contributed by atoms with E-state index in [2.05, 4.69) is 27.8 Å². The predicted molar refractivity (Wildman–Crippen MR) is 70.0 cm³/mol. The molecule has 1 unspecified atom stereocenters. The van der Waals surface area contributed by atoms with E-state index in [-0.39, 0.29) is 0 Å². The van der Waals surface area contributed by atoms with Crippen molar-refractivity contribution in [3.8, 4) is 0 Å². The molecule has 86 valence electrons. The van der Waals surface area contributed by atoms with Gasteiger partial charge >= 0.3 is 0 Å². The van der Waals surface area contributed by atoms with Crippen LogP contribution in [-0.4, -0.2) is 9.81 Å². The molecule has 1 aromatic heterocycles. The van der Waals surface area contributed by atoms with Crippen LogP contribution in [0.1, 0.15) is 32.1 Å². The van der Waals surface area contributed by atoms with Crippen molar-refractivity contribution in [1.29, 1.82) is 0 Å². The van der Waals surface area contributed by atoms with E-state index in [0.29, 0.717) is 4.83 Å². The first-order valence-electron chi connectivity index (χ1n) is 5.78. The Bertz CT molecular complexity index is 419. The number of alkyl halides is 1. The lowest BCUT2D eigenvalue weighted by Crippen LogP contribution is -2.02. The molecule has 0 saturated carbocycles. The van der Waals surface area contributed by atoms with Gasteiger partial charge in [-0.3, -0.25) is 0 Å². The van der Waals surface area contributed by atoms with Gasteiger partial charge in [-0.1, -0.05) is 47.8 Å². The van der Waals surface area contributed by atoms with E-state index in [4.69, 9.17) is 4.42 Å². The molecule has 0 radical (unpaired) electrons. The molecule has 3 heteroatoms. The van der Waals surface area contributed by atoms with E-state index in [0.717, 1.165) is 23.4 Å². The smallest absolute Gasteiger partial charge is 0.196 e. The number of hydrogen-bond acceptors (Lipinski definition) is 2. The van der Waals surface area contributed by atoms with Crippen molar-refractivity contribution in [3.05, 3.63) is 30.2 Å². The summed E-state index contributed by atoms with van der Waals surface area (Å²) >= 11 is 3.67. The molecule has 0 spiro atoms. The average Bonchev–Trinajstić information content (AvgIpc) is 2.68. The molecular weight excluding hydrogens is 266 g/mol. The predicted octanol–water partition coefficient (Wildman–Crippen LogP) is 4.32. The minimum atomic E-state index is 0.473. The minimum absolute atomic E-state index is 0.473. The molecule has 0 saturated heterocycles. The normalized spacial score (nSPS) is 13.1. The highest BCUT2D eigenvalue weighted by Crippen LogP contribution is 2.19. The van der Waals surface area contributed by atoms with Crippen molar-refractivity contribution < 1.29 is 4.42 Å². The molecule has 0 aliphatic carbocycles. The summed E-state index contributed by atoms with van der Waals surface area (Å²) in [5, 5.41) is 0. The fourth-order valence-corrected chi connectivity index (χ4v) is 2.33. The number of rotatable bonds is 5. The van der Waals surface area contributed by atoms with Gasteiger partial charge in [0.05, 0.1) is 0 Å². The van der Waals surface area contributed by atoms with Crippen LogP contribution in [0.5, 0.6) is 0 Å². The van der Waals surface area contributed by atoms with E-state index in [9.17, 15) is 0 Å². The van der Waals surface area contributed by atoms with Crippen molar-refractivity contribution in [2.75, 3.05) is 0 Å². The fraction of sp³-hybridized carbons (Fsp3) is 0.462. The lowest BCUT2D eigenvalue weighted by molar-refractivity contribution is 0.516. The molecule has 1 heterocycles. The number of hydrogen-bond donors (Lipinski definition) is 0. The number of nitrogens with zero attached hydrogens (tertiary/aromatic N) is 1. The Morgan fingerprint density at radius 1 is 1.38 bits per heavy atom. The second-order valence-electron chi connectivity index (χ2n) is 4.02. The maximum absolute atomic E-state index is 5.68. The third kappa shape index (κ3) is 2.85. The molecule has 16 heavy (non-hydrogen) atoms. The minimum Gasteiger partial charge on any atom is -0.441 e. The molecule has 0 aliphatic heterocycles. The van der Waals surface area contributed by atoms with Crippen LogP contribution in [-0.2, 0) is 6.42 Å². The van der Waals surface area contributed by atoms with Gasteiger partial charge in [0.25, 0.3) is 0 Å². The maximum atomic E-state index is 5.68. The quantitative estimate of drug-likeness (QED) is 0.763. The summed E-state index contributed by atoms with van der Waals surface area (Å²) in [6.07, 6.45) is 4.52. The Morgan fingerprint density at radius 2 is 2.19 bits per heavy atom. The van der Waals surface area contributed by atoms with Gasteiger partial charge < -0.3 is 4.42 Å². The highest BCUT2D eigenvalue weighted by atomic mass is 79.9. The van der Waals surface area contributed by atoms with E-state index >= 15 is 0 Å². The lowest BCUT2D eigenvalue weighted by Gasteiger charge is -2.04. The number of halogens is 1. The molecule has 2 nitrogen and oxygen atoms in total. The third-order valence-corrected chi connectivity index (χ3v) is 3.39. The Kier molecular flexibility index (Phi) is 3.99. The summed E-state index contributed by atoms with van der Waals surface area (Å²) in [5.41, 5.74) is 1.83. The topological polar surface area (TPSA) is 26.0 Å². The molecule has 2 aromatic rings. The van der Waals surface area contributed by atoms with Gasteiger partial charge in [0, 0.05) is 11.2 Å².